The number of hydrogen-bond donors (Lipinski definition) is 4. The lowest BCUT2D eigenvalue weighted by molar-refractivity contribution is -0.137. The van der Waals surface area contributed by atoms with E-state index in [1.807, 2.05) is 56.3 Å². The van der Waals surface area contributed by atoms with Crippen molar-refractivity contribution in [3.05, 3.63) is 78.6 Å². The molecule has 0 aliphatic carbocycles. The molecule has 0 bridgehead atoms. The zero-order chi connectivity index (χ0) is 41.8. The topological polar surface area (TPSA) is 197 Å². The number of H-pyrrole nitrogens is 2. The molecule has 2 saturated heterocycles. The van der Waals surface area contributed by atoms with Gasteiger partial charge in [0.1, 0.15) is 23.7 Å². The number of fused-ring (bicyclic) bond motifs is 1. The SMILES string of the molecule is COC(=O)NC(C(=O)N1CCC[C@H]1c1ncc(-c2ccc(-c3ccc4cc(-c5cnc([C@@H]6CCCN6C(=O)[C@@H](NC(=O)OC)C(C)C)[nH]5)ccc4n3)cc2)[nH]1)[C@@H](C)OC. The first kappa shape index (κ1) is 40.9. The van der Waals surface area contributed by atoms with Crippen LogP contribution in [-0.4, -0.2) is 111 Å². The van der Waals surface area contributed by atoms with Crippen LogP contribution in [0.25, 0.3) is 44.7 Å². The molecule has 16 heteroatoms. The second-order valence-corrected chi connectivity index (χ2v) is 15.3. The molecule has 0 saturated carbocycles. The van der Waals surface area contributed by atoms with E-state index in [-0.39, 0.29) is 29.8 Å². The van der Waals surface area contributed by atoms with Gasteiger partial charge in [-0.3, -0.25) is 9.59 Å². The summed E-state index contributed by atoms with van der Waals surface area (Å²) >= 11 is 0. The van der Waals surface area contributed by atoms with Crippen molar-refractivity contribution in [3.63, 3.8) is 0 Å². The number of nitrogens with zero attached hydrogens (tertiary/aromatic N) is 5. The van der Waals surface area contributed by atoms with Crippen LogP contribution in [0, 0.1) is 5.92 Å². The van der Waals surface area contributed by atoms with Crippen LogP contribution >= 0.6 is 0 Å². The number of pyridine rings is 1. The van der Waals surface area contributed by atoms with Crippen molar-refractivity contribution in [2.45, 2.75) is 76.7 Å². The predicted octanol–water partition coefficient (Wildman–Crippen LogP) is 6.15. The second-order valence-electron chi connectivity index (χ2n) is 15.3. The third kappa shape index (κ3) is 8.63. The first-order valence-corrected chi connectivity index (χ1v) is 19.9. The fraction of sp³-hybridized carbons (Fsp3) is 0.419. The zero-order valence-electron chi connectivity index (χ0n) is 34.2. The number of nitrogens with one attached hydrogen (secondary N) is 4. The van der Waals surface area contributed by atoms with Gasteiger partial charge in [0.25, 0.3) is 0 Å². The molecule has 2 aromatic carbocycles. The van der Waals surface area contributed by atoms with Gasteiger partial charge in [0.15, 0.2) is 0 Å². The summed E-state index contributed by atoms with van der Waals surface area (Å²) in [6.07, 6.45) is 4.84. The van der Waals surface area contributed by atoms with Gasteiger partial charge in [-0.25, -0.2) is 24.5 Å². The smallest absolute Gasteiger partial charge is 0.407 e. The van der Waals surface area contributed by atoms with E-state index >= 15 is 0 Å². The number of hydrogen-bond acceptors (Lipinski definition) is 10. The Balaban J connectivity index is 1.02. The van der Waals surface area contributed by atoms with Gasteiger partial charge >= 0.3 is 12.2 Å². The fourth-order valence-corrected chi connectivity index (χ4v) is 7.97. The van der Waals surface area contributed by atoms with Gasteiger partial charge in [0.2, 0.25) is 11.8 Å². The number of imidazole rings is 2. The molecule has 16 nitrogen and oxygen atoms in total. The van der Waals surface area contributed by atoms with Crippen LogP contribution in [0.5, 0.6) is 0 Å². The summed E-state index contributed by atoms with van der Waals surface area (Å²) in [4.78, 5) is 75.9. The number of likely N-dealkylation sites (tertiary alicyclic amines) is 2. The van der Waals surface area contributed by atoms with Gasteiger partial charge in [-0.05, 0) is 62.3 Å². The first-order chi connectivity index (χ1) is 28.5. The molecule has 5 aromatic rings. The average Bonchev–Trinajstić information content (AvgIpc) is 4.10. The lowest BCUT2D eigenvalue weighted by atomic mass is 10.0. The summed E-state index contributed by atoms with van der Waals surface area (Å²) < 4.78 is 14.9. The van der Waals surface area contributed by atoms with Crippen LogP contribution < -0.4 is 10.6 Å². The molecule has 7 rings (SSSR count). The minimum absolute atomic E-state index is 0.114. The van der Waals surface area contributed by atoms with E-state index in [2.05, 4.69) is 42.7 Å². The Morgan fingerprint density at radius 2 is 1.22 bits per heavy atom. The molecule has 4 amide bonds. The summed E-state index contributed by atoms with van der Waals surface area (Å²) in [6, 6.07) is 16.1. The van der Waals surface area contributed by atoms with Gasteiger partial charge in [-0.2, -0.15) is 0 Å². The normalized spacial score (nSPS) is 18.2. The number of carbonyl (C=O) groups is 4. The van der Waals surface area contributed by atoms with Gasteiger partial charge in [-0.1, -0.05) is 50.2 Å². The largest absolute Gasteiger partial charge is 0.453 e. The first-order valence-electron chi connectivity index (χ1n) is 19.9. The Hall–Kier alpha value is -6.29. The molecule has 5 atom stereocenters. The molecule has 0 radical (unpaired) electrons. The Bertz CT molecular complexity index is 2310. The summed E-state index contributed by atoms with van der Waals surface area (Å²) in [5, 5.41) is 6.29. The Kier molecular flexibility index (Phi) is 12.3. The van der Waals surface area contributed by atoms with E-state index in [1.54, 1.807) is 29.1 Å². The van der Waals surface area contributed by atoms with Crippen molar-refractivity contribution in [3.8, 4) is 33.8 Å². The van der Waals surface area contributed by atoms with Crippen LogP contribution in [0.1, 0.15) is 70.2 Å². The highest BCUT2D eigenvalue weighted by molar-refractivity contribution is 5.88. The minimum Gasteiger partial charge on any atom is -0.453 e. The lowest BCUT2D eigenvalue weighted by Crippen LogP contribution is -2.54. The predicted molar refractivity (Wildman–Crippen MR) is 220 cm³/mol. The van der Waals surface area contributed by atoms with Crippen molar-refractivity contribution in [2.75, 3.05) is 34.4 Å². The maximum Gasteiger partial charge on any atom is 0.407 e. The molecule has 4 N–H and O–H groups in total. The molecular weight excluding hydrogens is 755 g/mol. The Labute approximate surface area is 342 Å². The van der Waals surface area contributed by atoms with Gasteiger partial charge in [-0.15, -0.1) is 0 Å². The highest BCUT2D eigenvalue weighted by atomic mass is 16.5. The molecular formula is C43H51N9O7. The van der Waals surface area contributed by atoms with Gasteiger partial charge in [0, 0.05) is 36.7 Å². The van der Waals surface area contributed by atoms with E-state index in [0.717, 1.165) is 70.4 Å². The minimum atomic E-state index is -0.901. The summed E-state index contributed by atoms with van der Waals surface area (Å²) in [6.45, 7) is 6.65. The van der Waals surface area contributed by atoms with E-state index in [0.29, 0.717) is 24.7 Å². The molecule has 2 aliphatic rings. The van der Waals surface area contributed by atoms with E-state index in [4.69, 9.17) is 19.2 Å². The van der Waals surface area contributed by atoms with Crippen LogP contribution in [0.4, 0.5) is 9.59 Å². The van der Waals surface area contributed by atoms with Crippen molar-refractivity contribution >= 4 is 34.9 Å². The van der Waals surface area contributed by atoms with Crippen molar-refractivity contribution in [1.82, 2.24) is 45.4 Å². The maximum absolute atomic E-state index is 13.6. The van der Waals surface area contributed by atoms with Crippen LogP contribution in [-0.2, 0) is 23.8 Å². The number of ether oxygens (including phenoxy) is 3. The van der Waals surface area contributed by atoms with Crippen molar-refractivity contribution < 1.29 is 33.4 Å². The number of benzene rings is 2. The van der Waals surface area contributed by atoms with Crippen molar-refractivity contribution in [1.29, 1.82) is 0 Å². The molecule has 59 heavy (non-hydrogen) atoms. The molecule has 3 aromatic heterocycles. The monoisotopic (exact) mass is 805 g/mol. The summed E-state index contributed by atoms with van der Waals surface area (Å²) in [5.41, 5.74) is 6.18. The number of carbonyl (C=O) groups excluding carboxylic acids is 4. The van der Waals surface area contributed by atoms with E-state index < -0.39 is 30.4 Å². The lowest BCUT2D eigenvalue weighted by Gasteiger charge is -2.30. The zero-order valence-corrected chi connectivity index (χ0v) is 34.2. The highest BCUT2D eigenvalue weighted by Crippen LogP contribution is 2.35. The number of amides is 4. The maximum atomic E-state index is 13.6. The van der Waals surface area contributed by atoms with E-state index in [1.165, 1.54) is 21.3 Å². The van der Waals surface area contributed by atoms with Crippen LogP contribution in [0.2, 0.25) is 0 Å². The number of aromatic amines is 2. The molecule has 2 fully saturated rings. The molecule has 5 heterocycles. The number of methoxy groups -OCH3 is 3. The second kappa shape index (κ2) is 17.7. The standard InChI is InChI=1S/C43H51N9O7/c1-24(2)36(49-42(55)58-5)40(53)51-19-7-9-34(51)39-45-23-33(48-39)29-16-18-31-28(21-29)15-17-30(46-31)26-11-13-27(14-12-26)32-22-44-38(47-32)35-10-8-20-52(35)41(54)37(25(3)57-4)50-43(56)59-6/h11-18,21-25,34-37H,7-10,19-20H2,1-6H3,(H,44,47)(H,45,48)(H,49,55)(H,50,56)/t25-,34+,35+,36+,37?/m1/s1. The van der Waals surface area contributed by atoms with Gasteiger partial charge in [0.05, 0.1) is 67.4 Å². The van der Waals surface area contributed by atoms with E-state index in [9.17, 15) is 19.2 Å². The Morgan fingerprint density at radius 3 is 1.78 bits per heavy atom. The number of alkyl carbamates (subject to hydrolysis) is 2. The summed E-state index contributed by atoms with van der Waals surface area (Å²) in [7, 11) is 4.04. The summed E-state index contributed by atoms with van der Waals surface area (Å²) in [5.74, 6) is 0.875. The fourth-order valence-electron chi connectivity index (χ4n) is 7.97. The number of rotatable bonds is 12. The third-order valence-electron chi connectivity index (χ3n) is 11.3. The number of aromatic nitrogens is 5. The van der Waals surface area contributed by atoms with Crippen LogP contribution in [0.15, 0.2) is 67.0 Å². The Morgan fingerprint density at radius 1 is 0.695 bits per heavy atom. The third-order valence-corrected chi connectivity index (χ3v) is 11.3. The molecule has 0 spiro atoms. The van der Waals surface area contributed by atoms with Crippen molar-refractivity contribution in [2.24, 2.45) is 5.92 Å². The van der Waals surface area contributed by atoms with Crippen LogP contribution in [0.3, 0.4) is 0 Å². The molecule has 1 unspecified atom stereocenters. The molecule has 310 valence electrons. The van der Waals surface area contributed by atoms with Gasteiger partial charge < -0.3 is 44.6 Å². The average molecular weight is 806 g/mol. The highest BCUT2D eigenvalue weighted by Gasteiger charge is 2.39. The molecule has 2 aliphatic heterocycles. The quantitative estimate of drug-likeness (QED) is 0.114.